The van der Waals surface area contributed by atoms with E-state index in [9.17, 15) is 9.50 Å². The van der Waals surface area contributed by atoms with Crippen LogP contribution in [0.3, 0.4) is 0 Å². The molecule has 0 spiro atoms. The summed E-state index contributed by atoms with van der Waals surface area (Å²) in [6.45, 7) is 6.63. The van der Waals surface area contributed by atoms with E-state index in [0.717, 1.165) is 37.6 Å². The number of halogens is 2. The van der Waals surface area contributed by atoms with Crippen molar-refractivity contribution in [1.29, 1.82) is 0 Å². The smallest absolute Gasteiger partial charge is 0.194 e. The molecule has 2 heterocycles. The average molecular weight is 552 g/mol. The number of benzene rings is 2. The number of aliphatic hydroxyl groups excluding tert-OH is 1. The van der Waals surface area contributed by atoms with Gasteiger partial charge in [-0.2, -0.15) is 0 Å². The van der Waals surface area contributed by atoms with Crippen molar-refractivity contribution in [2.24, 2.45) is 4.99 Å². The van der Waals surface area contributed by atoms with Crippen LogP contribution in [0.15, 0.2) is 53.5 Å². The van der Waals surface area contributed by atoms with Crippen molar-refractivity contribution in [3.05, 3.63) is 65.5 Å². The molecule has 32 heavy (non-hydrogen) atoms. The molecule has 0 aliphatic carbocycles. The minimum absolute atomic E-state index is 0. The van der Waals surface area contributed by atoms with E-state index < -0.39 is 0 Å². The molecule has 2 aromatic rings. The van der Waals surface area contributed by atoms with Crippen molar-refractivity contribution >= 4 is 35.6 Å². The van der Waals surface area contributed by atoms with Gasteiger partial charge in [0, 0.05) is 38.6 Å². The predicted octanol–water partition coefficient (Wildman–Crippen LogP) is 4.36. The zero-order valence-electron chi connectivity index (χ0n) is 18.7. The summed E-state index contributed by atoms with van der Waals surface area (Å²) in [4.78, 5) is 9.14. The first kappa shape index (κ1) is 24.8. The third-order valence-electron chi connectivity index (χ3n) is 6.32. The molecule has 4 rings (SSSR count). The predicted molar refractivity (Wildman–Crippen MR) is 139 cm³/mol. The Morgan fingerprint density at radius 1 is 1.09 bits per heavy atom. The van der Waals surface area contributed by atoms with E-state index in [1.54, 1.807) is 6.07 Å². The van der Waals surface area contributed by atoms with Crippen LogP contribution in [-0.2, 0) is 6.54 Å². The Kier molecular flexibility index (Phi) is 9.16. The van der Waals surface area contributed by atoms with Gasteiger partial charge in [0.05, 0.1) is 18.3 Å². The zero-order chi connectivity index (χ0) is 21.6. The summed E-state index contributed by atoms with van der Waals surface area (Å²) in [5.74, 6) is 1.21. The highest BCUT2D eigenvalue weighted by Gasteiger charge is 2.26. The van der Waals surface area contributed by atoms with Crippen LogP contribution < -0.4 is 10.2 Å². The summed E-state index contributed by atoms with van der Waals surface area (Å²) in [5, 5.41) is 13.1. The van der Waals surface area contributed by atoms with Gasteiger partial charge in [-0.25, -0.2) is 9.38 Å². The Morgan fingerprint density at radius 2 is 1.84 bits per heavy atom. The minimum atomic E-state index is -0.260. The molecule has 2 aliphatic heterocycles. The van der Waals surface area contributed by atoms with Crippen molar-refractivity contribution in [2.45, 2.75) is 44.8 Å². The van der Waals surface area contributed by atoms with E-state index in [4.69, 9.17) is 4.99 Å². The lowest BCUT2D eigenvalue weighted by molar-refractivity contribution is 0.145. The molecule has 0 radical (unpaired) electrons. The number of likely N-dealkylation sites (tertiary alicyclic amines) is 1. The second-order valence-electron chi connectivity index (χ2n) is 8.52. The quantitative estimate of drug-likeness (QED) is 0.329. The number of aliphatic imine (C=N–C) groups is 1. The van der Waals surface area contributed by atoms with Gasteiger partial charge >= 0.3 is 0 Å². The highest BCUT2D eigenvalue weighted by molar-refractivity contribution is 14.0. The molecule has 0 amide bonds. The van der Waals surface area contributed by atoms with Crippen molar-refractivity contribution in [3.63, 3.8) is 0 Å². The number of anilines is 1. The molecule has 0 bridgehead atoms. The van der Waals surface area contributed by atoms with Crippen molar-refractivity contribution in [2.75, 3.05) is 37.6 Å². The van der Waals surface area contributed by atoms with Crippen LogP contribution in [-0.4, -0.2) is 54.8 Å². The number of aliphatic hydroxyl groups is 1. The Balaban J connectivity index is 0.00000289. The largest absolute Gasteiger partial charge is 0.393 e. The lowest BCUT2D eigenvalue weighted by Crippen LogP contribution is -2.40. The van der Waals surface area contributed by atoms with Gasteiger partial charge < -0.3 is 20.2 Å². The molecule has 5 nitrogen and oxygen atoms in total. The molecule has 2 N–H and O–H groups in total. The number of nitrogens with zero attached hydrogens (tertiary/aromatic N) is 3. The summed E-state index contributed by atoms with van der Waals surface area (Å²) in [5.41, 5.74) is 2.87. The number of rotatable bonds is 5. The first-order valence-electron chi connectivity index (χ1n) is 11.4. The van der Waals surface area contributed by atoms with Crippen LogP contribution in [0, 0.1) is 5.82 Å². The molecule has 2 fully saturated rings. The summed E-state index contributed by atoms with van der Waals surface area (Å²) in [7, 11) is 0. The molecule has 1 atom stereocenters. The summed E-state index contributed by atoms with van der Waals surface area (Å²) in [6.07, 6.45) is 2.24. The van der Waals surface area contributed by atoms with Crippen LogP contribution in [0.25, 0.3) is 0 Å². The maximum absolute atomic E-state index is 14.8. The van der Waals surface area contributed by atoms with Crippen LogP contribution in [0.1, 0.15) is 43.2 Å². The van der Waals surface area contributed by atoms with E-state index in [-0.39, 0.29) is 35.9 Å². The van der Waals surface area contributed by atoms with Crippen LogP contribution >= 0.6 is 24.0 Å². The van der Waals surface area contributed by atoms with Crippen molar-refractivity contribution < 1.29 is 9.50 Å². The van der Waals surface area contributed by atoms with E-state index in [0.29, 0.717) is 44.1 Å². The third-order valence-corrected chi connectivity index (χ3v) is 6.32. The number of guanidine groups is 1. The number of hydrogen-bond acceptors (Lipinski definition) is 3. The number of piperidine rings is 1. The molecule has 0 saturated carbocycles. The Hall–Kier alpha value is -1.87. The van der Waals surface area contributed by atoms with Crippen LogP contribution in [0.4, 0.5) is 10.1 Å². The zero-order valence-corrected chi connectivity index (χ0v) is 21.0. The van der Waals surface area contributed by atoms with Gasteiger partial charge in [0.25, 0.3) is 0 Å². The average Bonchev–Trinajstić information content (AvgIpc) is 3.28. The molecule has 7 heteroatoms. The molecular weight excluding hydrogens is 518 g/mol. The van der Waals surface area contributed by atoms with Gasteiger partial charge in [0.15, 0.2) is 5.96 Å². The first-order chi connectivity index (χ1) is 15.1. The SMILES string of the molecule is CCNC(=NCc1ccc(N2CCC(O)CC2)c(F)c1)N1CCC(c2ccccc2)C1.I. The van der Waals surface area contributed by atoms with E-state index in [1.807, 2.05) is 17.0 Å². The summed E-state index contributed by atoms with van der Waals surface area (Å²) in [6, 6.07) is 16.1. The molecule has 2 aromatic carbocycles. The fourth-order valence-corrected chi connectivity index (χ4v) is 4.55. The molecule has 2 saturated heterocycles. The maximum Gasteiger partial charge on any atom is 0.194 e. The molecule has 2 aliphatic rings. The topological polar surface area (TPSA) is 51.1 Å². The minimum Gasteiger partial charge on any atom is -0.393 e. The van der Waals surface area contributed by atoms with Gasteiger partial charge in [0.1, 0.15) is 5.82 Å². The Labute approximate surface area is 207 Å². The van der Waals surface area contributed by atoms with E-state index in [1.165, 1.54) is 5.56 Å². The fourth-order valence-electron chi connectivity index (χ4n) is 4.55. The van der Waals surface area contributed by atoms with Crippen molar-refractivity contribution in [1.82, 2.24) is 10.2 Å². The second kappa shape index (κ2) is 11.8. The lowest BCUT2D eigenvalue weighted by Gasteiger charge is -2.31. The van der Waals surface area contributed by atoms with Gasteiger partial charge in [-0.1, -0.05) is 36.4 Å². The normalized spacial score (nSPS) is 19.7. The maximum atomic E-state index is 14.8. The number of nitrogens with one attached hydrogen (secondary N) is 1. The highest BCUT2D eigenvalue weighted by atomic mass is 127. The monoisotopic (exact) mass is 552 g/mol. The Bertz CT molecular complexity index is 887. The lowest BCUT2D eigenvalue weighted by atomic mass is 9.99. The molecule has 174 valence electrons. The Morgan fingerprint density at radius 3 is 2.53 bits per heavy atom. The highest BCUT2D eigenvalue weighted by Crippen LogP contribution is 2.27. The number of hydrogen-bond donors (Lipinski definition) is 2. The second-order valence-corrected chi connectivity index (χ2v) is 8.52. The van der Waals surface area contributed by atoms with Crippen LogP contribution in [0.5, 0.6) is 0 Å². The van der Waals surface area contributed by atoms with Gasteiger partial charge in [0.2, 0.25) is 0 Å². The van der Waals surface area contributed by atoms with E-state index >= 15 is 0 Å². The first-order valence-corrected chi connectivity index (χ1v) is 11.4. The fraction of sp³-hybridized carbons (Fsp3) is 0.480. The molecule has 0 aromatic heterocycles. The molecule has 1 unspecified atom stereocenters. The van der Waals surface area contributed by atoms with Crippen molar-refractivity contribution in [3.8, 4) is 0 Å². The van der Waals surface area contributed by atoms with Gasteiger partial charge in [-0.05, 0) is 49.4 Å². The van der Waals surface area contributed by atoms with Gasteiger partial charge in [-0.15, -0.1) is 24.0 Å². The molecular formula is C25H34FIN4O. The summed E-state index contributed by atoms with van der Waals surface area (Å²) < 4.78 is 14.8. The van der Waals surface area contributed by atoms with Gasteiger partial charge in [-0.3, -0.25) is 0 Å². The van der Waals surface area contributed by atoms with Crippen LogP contribution in [0.2, 0.25) is 0 Å². The van der Waals surface area contributed by atoms with E-state index in [2.05, 4.69) is 47.5 Å². The third kappa shape index (κ3) is 6.13. The summed E-state index contributed by atoms with van der Waals surface area (Å²) >= 11 is 0. The standard InChI is InChI=1S/C25H33FN4O.HI/c1-2-27-25(30-13-10-21(18-30)20-6-4-3-5-7-20)28-17-19-8-9-24(23(26)16-19)29-14-11-22(31)12-15-29;/h3-9,16,21-22,31H,2,10-15,17-18H2,1H3,(H,27,28);1H.